The van der Waals surface area contributed by atoms with Gasteiger partial charge in [-0.2, -0.15) is 5.10 Å². The van der Waals surface area contributed by atoms with Gasteiger partial charge in [0.15, 0.2) is 0 Å². The summed E-state index contributed by atoms with van der Waals surface area (Å²) in [6.45, 7) is 0. The molecular weight excluding hydrogens is 256 g/mol. The predicted molar refractivity (Wildman–Crippen MR) is 73.0 cm³/mol. The van der Waals surface area contributed by atoms with Gasteiger partial charge >= 0.3 is 5.97 Å². The minimum absolute atomic E-state index is 0.0920. The Morgan fingerprint density at radius 3 is 2.45 bits per heavy atom. The van der Waals surface area contributed by atoms with Crippen LogP contribution < -0.4 is 4.74 Å². The minimum Gasteiger partial charge on any atom is -0.478 e. The van der Waals surface area contributed by atoms with Gasteiger partial charge in [0.25, 0.3) is 0 Å². The summed E-state index contributed by atoms with van der Waals surface area (Å²) >= 11 is 0. The Balaban J connectivity index is 2.12. The number of hydrogen-bond donors (Lipinski definition) is 1. The van der Waals surface area contributed by atoms with Crippen molar-refractivity contribution < 1.29 is 14.6 Å². The topological polar surface area (TPSA) is 72.3 Å². The molecule has 0 aliphatic carbocycles. The average Bonchev–Trinajstić information content (AvgIpc) is 2.47. The Hall–Kier alpha value is -2.95. The van der Waals surface area contributed by atoms with Crippen molar-refractivity contribution >= 4 is 16.7 Å². The molecule has 0 bridgehead atoms. The number of carboxylic acids is 1. The number of ether oxygens (including phenoxy) is 1. The lowest BCUT2D eigenvalue weighted by Gasteiger charge is -2.09. The molecular formula is C15H10N2O3. The first-order valence-electron chi connectivity index (χ1n) is 5.96. The highest BCUT2D eigenvalue weighted by Gasteiger charge is 2.14. The molecule has 1 heterocycles. The fraction of sp³-hybridized carbons (Fsp3) is 0. The highest BCUT2D eigenvalue weighted by atomic mass is 16.5. The maximum Gasteiger partial charge on any atom is 0.339 e. The zero-order valence-corrected chi connectivity index (χ0v) is 10.4. The summed E-state index contributed by atoms with van der Waals surface area (Å²) in [6.07, 6.45) is 1.52. The maximum atomic E-state index is 11.3. The number of aromatic nitrogens is 2. The molecule has 0 amide bonds. The van der Waals surface area contributed by atoms with E-state index >= 15 is 0 Å². The van der Waals surface area contributed by atoms with Crippen LogP contribution in [-0.4, -0.2) is 21.3 Å². The molecule has 1 N–H and O–H groups in total. The van der Waals surface area contributed by atoms with E-state index in [0.29, 0.717) is 0 Å². The first kappa shape index (κ1) is 12.1. The molecule has 0 saturated heterocycles. The summed E-state index contributed by atoms with van der Waals surface area (Å²) < 4.78 is 5.52. The van der Waals surface area contributed by atoms with Gasteiger partial charge in [-0.3, -0.25) is 0 Å². The van der Waals surface area contributed by atoms with E-state index in [4.69, 9.17) is 4.74 Å². The maximum absolute atomic E-state index is 11.3. The lowest BCUT2D eigenvalue weighted by atomic mass is 10.1. The Morgan fingerprint density at radius 1 is 1.05 bits per heavy atom. The SMILES string of the molecule is O=C(O)c1cc2ccccc2cc1Oc1cccnn1. The van der Waals surface area contributed by atoms with E-state index < -0.39 is 5.97 Å². The monoisotopic (exact) mass is 266 g/mol. The highest BCUT2D eigenvalue weighted by molar-refractivity contribution is 5.97. The lowest BCUT2D eigenvalue weighted by Crippen LogP contribution is -2.01. The largest absolute Gasteiger partial charge is 0.478 e. The molecule has 0 aliphatic heterocycles. The third-order valence-electron chi connectivity index (χ3n) is 2.84. The van der Waals surface area contributed by atoms with Gasteiger partial charge in [0.1, 0.15) is 11.3 Å². The van der Waals surface area contributed by atoms with Crippen LogP contribution in [0, 0.1) is 0 Å². The van der Waals surface area contributed by atoms with Crippen molar-refractivity contribution in [2.75, 3.05) is 0 Å². The number of benzene rings is 2. The van der Waals surface area contributed by atoms with E-state index in [1.165, 1.54) is 6.20 Å². The summed E-state index contributed by atoms with van der Waals surface area (Å²) in [5.74, 6) is -0.545. The standard InChI is InChI=1S/C15H10N2O3/c18-15(19)12-8-10-4-1-2-5-11(10)9-13(12)20-14-6-3-7-16-17-14/h1-9H,(H,18,19). The molecule has 0 aliphatic rings. The van der Waals surface area contributed by atoms with Gasteiger partial charge in [0, 0.05) is 12.3 Å². The van der Waals surface area contributed by atoms with Crippen molar-refractivity contribution in [2.24, 2.45) is 0 Å². The predicted octanol–water partition coefficient (Wildman–Crippen LogP) is 3.12. The summed E-state index contributed by atoms with van der Waals surface area (Å²) in [5.41, 5.74) is 0.0920. The quantitative estimate of drug-likeness (QED) is 0.788. The Bertz CT molecular complexity index is 772. The molecule has 5 heteroatoms. The third-order valence-corrected chi connectivity index (χ3v) is 2.84. The molecule has 0 radical (unpaired) electrons. The molecule has 98 valence electrons. The van der Waals surface area contributed by atoms with Gasteiger partial charge in [0.2, 0.25) is 5.88 Å². The van der Waals surface area contributed by atoms with Crippen LogP contribution in [0.15, 0.2) is 54.7 Å². The van der Waals surface area contributed by atoms with Crippen LogP contribution in [0.2, 0.25) is 0 Å². The van der Waals surface area contributed by atoms with Gasteiger partial charge in [-0.15, -0.1) is 5.10 Å². The number of rotatable bonds is 3. The molecule has 3 aromatic rings. The van der Waals surface area contributed by atoms with E-state index in [-0.39, 0.29) is 17.2 Å². The molecule has 2 aromatic carbocycles. The number of nitrogens with zero attached hydrogens (tertiary/aromatic N) is 2. The number of fused-ring (bicyclic) bond motifs is 1. The Labute approximate surface area is 114 Å². The van der Waals surface area contributed by atoms with Gasteiger partial charge in [-0.25, -0.2) is 4.79 Å². The molecule has 1 aromatic heterocycles. The Kier molecular flexibility index (Phi) is 3.01. The zero-order chi connectivity index (χ0) is 13.9. The number of hydrogen-bond acceptors (Lipinski definition) is 4. The van der Waals surface area contributed by atoms with Gasteiger partial charge in [0.05, 0.1) is 0 Å². The lowest BCUT2D eigenvalue weighted by molar-refractivity contribution is 0.0694. The molecule has 0 atom stereocenters. The summed E-state index contributed by atoms with van der Waals surface area (Å²) in [5, 5.41) is 18.5. The molecule has 0 saturated carbocycles. The van der Waals surface area contributed by atoms with Gasteiger partial charge in [-0.05, 0) is 29.0 Å². The molecule has 3 rings (SSSR count). The molecule has 0 fully saturated rings. The highest BCUT2D eigenvalue weighted by Crippen LogP contribution is 2.29. The van der Waals surface area contributed by atoms with Crippen LogP contribution in [-0.2, 0) is 0 Å². The van der Waals surface area contributed by atoms with Crippen molar-refractivity contribution in [3.63, 3.8) is 0 Å². The van der Waals surface area contributed by atoms with E-state index in [0.717, 1.165) is 10.8 Å². The normalized spacial score (nSPS) is 10.4. The second kappa shape index (κ2) is 4.97. The number of carbonyl (C=O) groups is 1. The van der Waals surface area contributed by atoms with Crippen LogP contribution >= 0.6 is 0 Å². The zero-order valence-electron chi connectivity index (χ0n) is 10.4. The molecule has 5 nitrogen and oxygen atoms in total. The summed E-state index contributed by atoms with van der Waals surface area (Å²) in [6, 6.07) is 14.1. The molecule has 20 heavy (non-hydrogen) atoms. The van der Waals surface area contributed by atoms with Crippen LogP contribution in [0.3, 0.4) is 0 Å². The van der Waals surface area contributed by atoms with Crippen LogP contribution in [0.4, 0.5) is 0 Å². The second-order valence-electron chi connectivity index (χ2n) is 4.16. The van der Waals surface area contributed by atoms with Gasteiger partial charge < -0.3 is 9.84 Å². The van der Waals surface area contributed by atoms with Crippen LogP contribution in [0.1, 0.15) is 10.4 Å². The third kappa shape index (κ3) is 2.29. The van der Waals surface area contributed by atoms with Gasteiger partial charge in [-0.1, -0.05) is 24.3 Å². The Morgan fingerprint density at radius 2 is 1.80 bits per heavy atom. The van der Waals surface area contributed by atoms with Crippen molar-refractivity contribution in [1.82, 2.24) is 10.2 Å². The average molecular weight is 266 g/mol. The first-order valence-corrected chi connectivity index (χ1v) is 5.96. The fourth-order valence-electron chi connectivity index (χ4n) is 1.93. The van der Waals surface area contributed by atoms with Crippen molar-refractivity contribution in [3.8, 4) is 11.6 Å². The van der Waals surface area contributed by atoms with E-state index in [1.807, 2.05) is 24.3 Å². The summed E-state index contributed by atoms with van der Waals surface area (Å²) in [7, 11) is 0. The number of carboxylic acid groups (broad SMARTS) is 1. The van der Waals surface area contributed by atoms with E-state index in [2.05, 4.69) is 10.2 Å². The van der Waals surface area contributed by atoms with Crippen LogP contribution in [0.5, 0.6) is 11.6 Å². The van der Waals surface area contributed by atoms with E-state index in [9.17, 15) is 9.90 Å². The summed E-state index contributed by atoms with van der Waals surface area (Å²) in [4.78, 5) is 11.3. The molecule has 0 unspecified atom stereocenters. The van der Waals surface area contributed by atoms with E-state index in [1.54, 1.807) is 24.3 Å². The fourth-order valence-corrected chi connectivity index (χ4v) is 1.93. The van der Waals surface area contributed by atoms with Crippen LogP contribution in [0.25, 0.3) is 10.8 Å². The van der Waals surface area contributed by atoms with Crippen molar-refractivity contribution in [1.29, 1.82) is 0 Å². The second-order valence-corrected chi connectivity index (χ2v) is 4.16. The smallest absolute Gasteiger partial charge is 0.339 e. The molecule has 0 spiro atoms. The minimum atomic E-state index is -1.05. The first-order chi connectivity index (χ1) is 9.74. The number of aromatic carboxylic acids is 1. The van der Waals surface area contributed by atoms with Crippen molar-refractivity contribution in [2.45, 2.75) is 0 Å². The van der Waals surface area contributed by atoms with Crippen molar-refractivity contribution in [3.05, 3.63) is 60.3 Å².